The summed E-state index contributed by atoms with van der Waals surface area (Å²) in [6, 6.07) is 5.69. The molecule has 0 fully saturated rings. The molecule has 24 heavy (non-hydrogen) atoms. The van der Waals surface area contributed by atoms with Crippen molar-refractivity contribution in [3.8, 4) is 5.75 Å². The molecule has 0 unspecified atom stereocenters. The molecule has 0 aliphatic carbocycles. The average Bonchev–Trinajstić information content (AvgIpc) is 2.94. The number of alkyl halides is 3. The van der Waals surface area contributed by atoms with Crippen molar-refractivity contribution < 1.29 is 26.3 Å². The predicted octanol–water partition coefficient (Wildman–Crippen LogP) is 4.03. The highest BCUT2D eigenvalue weighted by atomic mass is 32.2. The highest BCUT2D eigenvalue weighted by Gasteiger charge is 2.34. The fraction of sp³-hybridized carbons (Fsp3) is 0.333. The quantitative estimate of drug-likeness (QED) is 0.824. The van der Waals surface area contributed by atoms with Crippen molar-refractivity contribution in [2.45, 2.75) is 37.6 Å². The summed E-state index contributed by atoms with van der Waals surface area (Å²) in [5, 5.41) is 2.24. The molecule has 0 saturated heterocycles. The van der Waals surface area contributed by atoms with Gasteiger partial charge in [0.25, 0.3) is 0 Å². The van der Waals surface area contributed by atoms with Crippen LogP contribution in [0.1, 0.15) is 25.0 Å². The summed E-state index contributed by atoms with van der Waals surface area (Å²) in [6.07, 6.45) is -4.55. The number of halogens is 3. The third-order valence-electron chi connectivity index (χ3n) is 3.01. The lowest BCUT2D eigenvalue weighted by Gasteiger charge is -2.12. The van der Waals surface area contributed by atoms with E-state index in [1.807, 2.05) is 13.8 Å². The molecule has 0 amide bonds. The van der Waals surface area contributed by atoms with Gasteiger partial charge in [0.2, 0.25) is 10.0 Å². The van der Waals surface area contributed by atoms with Crippen molar-refractivity contribution in [3.63, 3.8) is 0 Å². The molecular formula is C15H16F3NO3S2. The third kappa shape index (κ3) is 4.71. The van der Waals surface area contributed by atoms with Crippen LogP contribution in [0.2, 0.25) is 0 Å². The lowest BCUT2D eigenvalue weighted by atomic mass is 10.2. The summed E-state index contributed by atoms with van der Waals surface area (Å²) < 4.78 is 70.4. The Morgan fingerprint density at radius 3 is 2.33 bits per heavy atom. The summed E-state index contributed by atoms with van der Waals surface area (Å²) >= 11 is 0.876. The summed E-state index contributed by atoms with van der Waals surface area (Å²) in [4.78, 5) is -0.0394. The van der Waals surface area contributed by atoms with Gasteiger partial charge in [-0.25, -0.2) is 13.1 Å². The molecule has 1 aromatic heterocycles. The minimum Gasteiger partial charge on any atom is -0.491 e. The minimum absolute atomic E-state index is 0.0394. The molecule has 2 rings (SSSR count). The van der Waals surface area contributed by atoms with Crippen LogP contribution in [0.15, 0.2) is 39.9 Å². The Bertz CT molecular complexity index is 781. The van der Waals surface area contributed by atoms with E-state index in [0.717, 1.165) is 16.7 Å². The average molecular weight is 379 g/mol. The van der Waals surface area contributed by atoms with Gasteiger partial charge in [-0.3, -0.25) is 0 Å². The van der Waals surface area contributed by atoms with E-state index in [-0.39, 0.29) is 16.6 Å². The first kappa shape index (κ1) is 18.8. The fourth-order valence-electron chi connectivity index (χ4n) is 1.93. The van der Waals surface area contributed by atoms with Gasteiger partial charge < -0.3 is 4.74 Å². The van der Waals surface area contributed by atoms with Crippen LogP contribution >= 0.6 is 11.3 Å². The third-order valence-corrected chi connectivity index (χ3v) is 5.22. The standard InChI is InChI=1S/C15H16F3NO3S2/c1-10(2)22-12-3-5-13(6-4-12)24(20,21)19-7-11-8-23-9-14(11)15(16,17)18/h3-6,8-10,19H,7H2,1-2H3. The first-order valence-electron chi connectivity index (χ1n) is 6.98. The Hall–Kier alpha value is -1.58. The van der Waals surface area contributed by atoms with Crippen LogP contribution in [-0.4, -0.2) is 14.5 Å². The van der Waals surface area contributed by atoms with Crippen molar-refractivity contribution in [2.75, 3.05) is 0 Å². The zero-order valence-electron chi connectivity index (χ0n) is 12.9. The van der Waals surface area contributed by atoms with Crippen molar-refractivity contribution in [2.24, 2.45) is 0 Å². The monoisotopic (exact) mass is 379 g/mol. The van der Waals surface area contributed by atoms with Gasteiger partial charge >= 0.3 is 6.18 Å². The number of hydrogen-bond donors (Lipinski definition) is 1. The molecule has 0 saturated carbocycles. The zero-order chi connectivity index (χ0) is 18.0. The fourth-order valence-corrected chi connectivity index (χ4v) is 3.81. The second-order valence-corrected chi connectivity index (χ2v) is 7.78. The van der Waals surface area contributed by atoms with E-state index >= 15 is 0 Å². The molecule has 2 aromatic rings. The van der Waals surface area contributed by atoms with E-state index in [1.54, 1.807) is 0 Å². The SMILES string of the molecule is CC(C)Oc1ccc(S(=O)(=O)NCc2cscc2C(F)(F)F)cc1. The van der Waals surface area contributed by atoms with Crippen molar-refractivity contribution >= 4 is 21.4 Å². The van der Waals surface area contributed by atoms with Crippen LogP contribution in [0, 0.1) is 0 Å². The number of nitrogens with one attached hydrogen (secondary N) is 1. The van der Waals surface area contributed by atoms with E-state index in [2.05, 4.69) is 4.72 Å². The first-order valence-corrected chi connectivity index (χ1v) is 9.41. The Kier molecular flexibility index (Phi) is 5.56. The molecule has 1 N–H and O–H groups in total. The van der Waals surface area contributed by atoms with Crippen LogP contribution in [0.4, 0.5) is 13.2 Å². The highest BCUT2D eigenvalue weighted by Crippen LogP contribution is 2.34. The Morgan fingerprint density at radius 1 is 1.17 bits per heavy atom. The summed E-state index contributed by atoms with van der Waals surface area (Å²) in [5.41, 5.74) is -0.924. The molecule has 0 atom stereocenters. The van der Waals surface area contributed by atoms with Gasteiger partial charge in [-0.1, -0.05) is 0 Å². The Morgan fingerprint density at radius 2 is 1.79 bits per heavy atom. The number of thiophene rings is 1. The largest absolute Gasteiger partial charge is 0.491 e. The molecule has 1 heterocycles. The zero-order valence-corrected chi connectivity index (χ0v) is 14.6. The molecule has 0 radical (unpaired) electrons. The van der Waals surface area contributed by atoms with E-state index in [1.165, 1.54) is 29.6 Å². The first-order chi connectivity index (χ1) is 11.1. The van der Waals surface area contributed by atoms with Crippen LogP contribution in [-0.2, 0) is 22.7 Å². The summed E-state index contributed by atoms with van der Waals surface area (Å²) in [6.45, 7) is 3.25. The van der Waals surface area contributed by atoms with Gasteiger partial charge in [0.15, 0.2) is 0 Å². The molecule has 4 nitrogen and oxygen atoms in total. The van der Waals surface area contributed by atoms with Gasteiger partial charge in [-0.15, -0.1) is 0 Å². The van der Waals surface area contributed by atoms with Crippen molar-refractivity contribution in [1.82, 2.24) is 4.72 Å². The molecule has 0 aliphatic heterocycles. The van der Waals surface area contributed by atoms with Crippen molar-refractivity contribution in [1.29, 1.82) is 0 Å². The van der Waals surface area contributed by atoms with Crippen molar-refractivity contribution in [3.05, 3.63) is 46.2 Å². The normalized spacial score (nSPS) is 12.6. The summed E-state index contributed by atoms with van der Waals surface area (Å²) in [7, 11) is -3.91. The van der Waals surface area contributed by atoms with Gasteiger partial charge in [-0.2, -0.15) is 24.5 Å². The molecule has 132 valence electrons. The van der Waals surface area contributed by atoms with Gasteiger partial charge in [0.05, 0.1) is 16.6 Å². The number of benzene rings is 1. The van der Waals surface area contributed by atoms with Crippen LogP contribution in [0.5, 0.6) is 5.75 Å². The number of ether oxygens (including phenoxy) is 1. The van der Waals surface area contributed by atoms with Gasteiger partial charge in [0.1, 0.15) is 5.75 Å². The molecule has 1 aromatic carbocycles. The second-order valence-electron chi connectivity index (χ2n) is 5.27. The maximum absolute atomic E-state index is 12.8. The smallest absolute Gasteiger partial charge is 0.417 e. The number of hydrogen-bond acceptors (Lipinski definition) is 4. The van der Waals surface area contributed by atoms with Crippen LogP contribution in [0.3, 0.4) is 0 Å². The molecule has 9 heteroatoms. The molecule has 0 bridgehead atoms. The van der Waals surface area contributed by atoms with E-state index in [0.29, 0.717) is 5.75 Å². The van der Waals surface area contributed by atoms with E-state index in [4.69, 9.17) is 4.74 Å². The minimum atomic E-state index is -4.50. The van der Waals surface area contributed by atoms with E-state index < -0.39 is 28.3 Å². The molecular weight excluding hydrogens is 363 g/mol. The van der Waals surface area contributed by atoms with E-state index in [9.17, 15) is 21.6 Å². The Balaban J connectivity index is 2.11. The number of rotatable bonds is 6. The molecule has 0 spiro atoms. The maximum Gasteiger partial charge on any atom is 0.417 e. The Labute approximate surface area is 142 Å². The second kappa shape index (κ2) is 7.12. The highest BCUT2D eigenvalue weighted by molar-refractivity contribution is 7.89. The van der Waals surface area contributed by atoms with Gasteiger partial charge in [0, 0.05) is 11.9 Å². The lowest BCUT2D eigenvalue weighted by Crippen LogP contribution is -2.24. The van der Waals surface area contributed by atoms with Gasteiger partial charge in [-0.05, 0) is 49.1 Å². The molecule has 0 aliphatic rings. The van der Waals surface area contributed by atoms with Crippen LogP contribution in [0.25, 0.3) is 0 Å². The predicted molar refractivity (Wildman–Crippen MR) is 85.6 cm³/mol. The number of sulfonamides is 1. The maximum atomic E-state index is 12.8. The van der Waals surface area contributed by atoms with Crippen LogP contribution < -0.4 is 9.46 Å². The lowest BCUT2D eigenvalue weighted by molar-refractivity contribution is -0.137. The summed E-state index contributed by atoms with van der Waals surface area (Å²) in [5.74, 6) is 0.515. The topological polar surface area (TPSA) is 55.4 Å².